The summed E-state index contributed by atoms with van der Waals surface area (Å²) in [7, 11) is 3.70. The van der Waals surface area contributed by atoms with Crippen molar-refractivity contribution in [2.75, 3.05) is 39.1 Å². The number of amides is 2. The summed E-state index contributed by atoms with van der Waals surface area (Å²) in [5, 5.41) is 13.0. The molecule has 3 aliphatic rings. The lowest BCUT2D eigenvalue weighted by atomic mass is 9.84. The number of ether oxygens (including phenoxy) is 2. The van der Waals surface area contributed by atoms with E-state index in [2.05, 4.69) is 17.4 Å². The lowest BCUT2D eigenvalue weighted by Gasteiger charge is -2.38. The van der Waals surface area contributed by atoms with Crippen LogP contribution in [0.2, 0.25) is 0 Å². The number of anilines is 1. The number of nitrogens with zero attached hydrogens (tertiary/aromatic N) is 2. The fourth-order valence-electron chi connectivity index (χ4n) is 5.49. The van der Waals surface area contributed by atoms with Crippen LogP contribution in [0.5, 0.6) is 5.75 Å². The maximum atomic E-state index is 13.2. The van der Waals surface area contributed by atoms with Crippen molar-refractivity contribution in [1.82, 2.24) is 9.80 Å². The molecule has 3 heterocycles. The number of fused-ring (bicyclic) bond motifs is 4. The Morgan fingerprint density at radius 2 is 1.97 bits per heavy atom. The number of likely N-dealkylation sites (N-methyl/N-ethyl adjacent to an activating group) is 1. The quantitative estimate of drug-likeness (QED) is 0.660. The Morgan fingerprint density at radius 1 is 1.17 bits per heavy atom. The van der Waals surface area contributed by atoms with Gasteiger partial charge in [0.25, 0.3) is 0 Å². The zero-order chi connectivity index (χ0) is 24.5. The molecule has 0 aromatic heterocycles. The third kappa shape index (κ3) is 5.05. The Hall–Kier alpha value is -2.94. The molecule has 35 heavy (non-hydrogen) atoms. The van der Waals surface area contributed by atoms with Crippen molar-refractivity contribution < 1.29 is 24.2 Å². The lowest BCUT2D eigenvalue weighted by molar-refractivity contribution is -0.149. The third-order valence-corrected chi connectivity index (χ3v) is 7.13. The summed E-state index contributed by atoms with van der Waals surface area (Å²) in [6.07, 6.45) is 0.639. The molecular formula is C27H33N3O5. The van der Waals surface area contributed by atoms with Gasteiger partial charge in [-0.2, -0.15) is 0 Å². The average molecular weight is 480 g/mol. The van der Waals surface area contributed by atoms with E-state index in [4.69, 9.17) is 9.47 Å². The minimum absolute atomic E-state index is 0.0125. The van der Waals surface area contributed by atoms with Gasteiger partial charge >= 0.3 is 0 Å². The first kappa shape index (κ1) is 23.8. The van der Waals surface area contributed by atoms with E-state index >= 15 is 0 Å². The molecule has 1 fully saturated rings. The monoisotopic (exact) mass is 479 g/mol. The number of carbonyl (C=O) groups is 2. The van der Waals surface area contributed by atoms with Crippen molar-refractivity contribution in [2.45, 2.75) is 50.0 Å². The van der Waals surface area contributed by atoms with E-state index in [-0.39, 0.29) is 43.0 Å². The molecule has 8 heteroatoms. The zero-order valence-corrected chi connectivity index (χ0v) is 20.3. The molecule has 0 spiro atoms. The lowest BCUT2D eigenvalue weighted by Crippen LogP contribution is -2.48. The van der Waals surface area contributed by atoms with Crippen LogP contribution in [0.1, 0.15) is 35.4 Å². The first-order valence-corrected chi connectivity index (χ1v) is 12.3. The standard InChI is InChI=1S/C27H33N3O5/c1-29(2)15-25(32)28-19-7-8-23-21(11-19)22-12-20(34-24(16-31)27(22)35-23)13-26(33)30-10-9-17-5-3-4-6-18(17)14-30/h3-8,11,20,22,24,27,31H,9-10,12-16H2,1-2H3,(H,28,32)/t20-,22+,24-,27-/m1/s1. The second-order valence-electron chi connectivity index (χ2n) is 9.98. The highest BCUT2D eigenvalue weighted by Crippen LogP contribution is 2.47. The van der Waals surface area contributed by atoms with Gasteiger partial charge in [0.05, 0.1) is 25.7 Å². The second kappa shape index (κ2) is 9.97. The minimum Gasteiger partial charge on any atom is -0.487 e. The fourth-order valence-corrected chi connectivity index (χ4v) is 5.49. The van der Waals surface area contributed by atoms with Gasteiger partial charge in [-0.15, -0.1) is 0 Å². The van der Waals surface area contributed by atoms with Gasteiger partial charge in [0, 0.05) is 30.3 Å². The normalized spacial score (nSPS) is 24.9. The summed E-state index contributed by atoms with van der Waals surface area (Å²) in [6, 6.07) is 13.9. The number of hydrogen-bond acceptors (Lipinski definition) is 6. The molecular weight excluding hydrogens is 446 g/mol. The van der Waals surface area contributed by atoms with Gasteiger partial charge < -0.3 is 29.7 Å². The minimum atomic E-state index is -0.507. The van der Waals surface area contributed by atoms with Crippen molar-refractivity contribution in [3.05, 3.63) is 59.2 Å². The largest absolute Gasteiger partial charge is 0.487 e. The molecule has 2 aromatic rings. The van der Waals surface area contributed by atoms with E-state index in [0.717, 1.165) is 17.7 Å². The van der Waals surface area contributed by atoms with Gasteiger partial charge in [-0.05, 0) is 56.3 Å². The summed E-state index contributed by atoms with van der Waals surface area (Å²) < 4.78 is 12.3. The summed E-state index contributed by atoms with van der Waals surface area (Å²) >= 11 is 0. The number of rotatable bonds is 6. The van der Waals surface area contributed by atoms with Gasteiger partial charge in [-0.3, -0.25) is 9.59 Å². The topological polar surface area (TPSA) is 91.3 Å². The molecule has 0 radical (unpaired) electrons. The van der Waals surface area contributed by atoms with Crippen LogP contribution in [0, 0.1) is 0 Å². The van der Waals surface area contributed by atoms with Crippen molar-refractivity contribution in [2.24, 2.45) is 0 Å². The Labute approximate surface area is 205 Å². The summed E-state index contributed by atoms with van der Waals surface area (Å²) in [4.78, 5) is 29.1. The molecule has 2 N–H and O–H groups in total. The van der Waals surface area contributed by atoms with Gasteiger partial charge in [0.15, 0.2) is 0 Å². The van der Waals surface area contributed by atoms with Crippen molar-refractivity contribution >= 4 is 17.5 Å². The van der Waals surface area contributed by atoms with Crippen LogP contribution in [0.15, 0.2) is 42.5 Å². The van der Waals surface area contributed by atoms with Crippen LogP contribution in [-0.4, -0.2) is 78.8 Å². The molecule has 186 valence electrons. The van der Waals surface area contributed by atoms with Crippen molar-refractivity contribution in [3.63, 3.8) is 0 Å². The Bertz CT molecular complexity index is 1100. The molecule has 1 saturated heterocycles. The van der Waals surface area contributed by atoms with Crippen LogP contribution < -0.4 is 10.1 Å². The van der Waals surface area contributed by atoms with Gasteiger partial charge in [-0.25, -0.2) is 0 Å². The van der Waals surface area contributed by atoms with Gasteiger partial charge in [-0.1, -0.05) is 24.3 Å². The third-order valence-electron chi connectivity index (χ3n) is 7.13. The molecule has 2 aromatic carbocycles. The predicted molar refractivity (Wildman–Crippen MR) is 131 cm³/mol. The first-order valence-electron chi connectivity index (χ1n) is 12.3. The predicted octanol–water partition coefficient (Wildman–Crippen LogP) is 2.16. The Morgan fingerprint density at radius 3 is 2.74 bits per heavy atom. The number of aliphatic hydroxyl groups excluding tert-OH is 1. The van der Waals surface area contributed by atoms with E-state index in [1.807, 2.05) is 54.2 Å². The Kier molecular flexibility index (Phi) is 6.77. The summed E-state index contributed by atoms with van der Waals surface area (Å²) in [6.45, 7) is 1.45. The molecule has 0 bridgehead atoms. The van der Waals surface area contributed by atoms with Crippen molar-refractivity contribution in [1.29, 1.82) is 0 Å². The molecule has 8 nitrogen and oxygen atoms in total. The van der Waals surface area contributed by atoms with E-state index < -0.39 is 6.10 Å². The van der Waals surface area contributed by atoms with Crippen LogP contribution in [0.3, 0.4) is 0 Å². The van der Waals surface area contributed by atoms with Crippen molar-refractivity contribution in [3.8, 4) is 5.75 Å². The number of nitrogens with one attached hydrogen (secondary N) is 1. The fraction of sp³-hybridized carbons (Fsp3) is 0.481. The summed E-state index contributed by atoms with van der Waals surface area (Å²) in [5.41, 5.74) is 4.21. The van der Waals surface area contributed by atoms with Gasteiger partial charge in [0.2, 0.25) is 11.8 Å². The van der Waals surface area contributed by atoms with Crippen LogP contribution in [-0.2, 0) is 27.3 Å². The average Bonchev–Trinajstić information content (AvgIpc) is 3.20. The SMILES string of the molecule is CN(C)CC(=O)Nc1ccc2c(c1)[C@@H]1C[C@H](CC(=O)N3CCc4ccccc4C3)O[C@H](CO)[C@@H]1O2. The van der Waals surface area contributed by atoms with E-state index in [1.165, 1.54) is 11.1 Å². The number of aliphatic hydroxyl groups is 1. The maximum Gasteiger partial charge on any atom is 0.238 e. The molecule has 3 aliphatic heterocycles. The van der Waals surface area contributed by atoms with E-state index in [9.17, 15) is 14.7 Å². The molecule has 5 rings (SSSR count). The number of hydrogen-bond donors (Lipinski definition) is 2. The van der Waals surface area contributed by atoms with E-state index in [0.29, 0.717) is 31.7 Å². The molecule has 4 atom stereocenters. The molecule has 0 saturated carbocycles. The number of benzene rings is 2. The van der Waals surface area contributed by atoms with Gasteiger partial charge in [0.1, 0.15) is 18.0 Å². The van der Waals surface area contributed by atoms with Crippen LogP contribution >= 0.6 is 0 Å². The smallest absolute Gasteiger partial charge is 0.238 e. The van der Waals surface area contributed by atoms with Crippen LogP contribution in [0.4, 0.5) is 5.69 Å². The maximum absolute atomic E-state index is 13.2. The highest BCUT2D eigenvalue weighted by molar-refractivity contribution is 5.92. The zero-order valence-electron chi connectivity index (χ0n) is 20.3. The second-order valence-corrected chi connectivity index (χ2v) is 9.98. The van der Waals surface area contributed by atoms with E-state index in [1.54, 1.807) is 0 Å². The Balaban J connectivity index is 1.28. The highest BCUT2D eigenvalue weighted by atomic mass is 16.6. The molecule has 0 unspecified atom stereocenters. The molecule has 2 amide bonds. The molecule has 0 aliphatic carbocycles. The number of carbonyl (C=O) groups excluding carboxylic acids is 2. The first-order chi connectivity index (χ1) is 16.9. The highest BCUT2D eigenvalue weighted by Gasteiger charge is 2.46. The summed E-state index contributed by atoms with van der Waals surface area (Å²) in [5.74, 6) is 0.717. The van der Waals surface area contributed by atoms with Crippen LogP contribution in [0.25, 0.3) is 0 Å².